The number of benzene rings is 1. The first kappa shape index (κ1) is 13.7. The van der Waals surface area contributed by atoms with Crippen LogP contribution in [0.25, 0.3) is 0 Å². The second-order valence-corrected chi connectivity index (χ2v) is 4.74. The van der Waals surface area contributed by atoms with Crippen molar-refractivity contribution in [2.45, 2.75) is 32.5 Å². The van der Waals surface area contributed by atoms with Crippen LogP contribution in [-0.4, -0.2) is 29.7 Å². The largest absolute Gasteiger partial charge is 0.408 e. The Kier molecular flexibility index (Phi) is 3.43. The molecular formula is C13H15F3N2O. The van der Waals surface area contributed by atoms with Crippen LogP contribution < -0.4 is 5.32 Å². The molecule has 19 heavy (non-hydrogen) atoms. The van der Waals surface area contributed by atoms with Crippen LogP contribution >= 0.6 is 0 Å². The molecular weight excluding hydrogens is 257 g/mol. The molecule has 1 saturated heterocycles. The molecule has 3 nitrogen and oxygen atoms in total. The number of rotatable bonds is 1. The van der Waals surface area contributed by atoms with Gasteiger partial charge in [0.25, 0.3) is 0 Å². The standard InChI is InChI=1S/C13H15F3N2O/c1-8-4-3-5-9(2)11(8)17-12(19)18-7-6-10(18)13(14,15)16/h3-5,10H,6-7H2,1-2H3,(H,17,19)/t10-/m1/s1. The van der Waals surface area contributed by atoms with Gasteiger partial charge in [-0.15, -0.1) is 0 Å². The average molecular weight is 272 g/mol. The molecule has 0 saturated carbocycles. The summed E-state index contributed by atoms with van der Waals surface area (Å²) in [6, 6.07) is 3.10. The molecule has 0 radical (unpaired) electrons. The smallest absolute Gasteiger partial charge is 0.312 e. The second-order valence-electron chi connectivity index (χ2n) is 4.74. The summed E-state index contributed by atoms with van der Waals surface area (Å²) < 4.78 is 37.8. The SMILES string of the molecule is Cc1cccc(C)c1NC(=O)N1CC[C@@H]1C(F)(F)F. The van der Waals surface area contributed by atoms with Crippen molar-refractivity contribution in [1.29, 1.82) is 0 Å². The van der Waals surface area contributed by atoms with E-state index in [1.165, 1.54) is 0 Å². The highest BCUT2D eigenvalue weighted by Gasteiger charge is 2.50. The van der Waals surface area contributed by atoms with Gasteiger partial charge in [0.15, 0.2) is 0 Å². The number of hydrogen-bond acceptors (Lipinski definition) is 1. The Morgan fingerprint density at radius 3 is 2.32 bits per heavy atom. The Hall–Kier alpha value is -1.72. The van der Waals surface area contributed by atoms with Crippen LogP contribution in [0.2, 0.25) is 0 Å². The van der Waals surface area contributed by atoms with Crippen LogP contribution in [-0.2, 0) is 0 Å². The lowest BCUT2D eigenvalue weighted by molar-refractivity contribution is -0.198. The Morgan fingerprint density at radius 2 is 1.89 bits per heavy atom. The van der Waals surface area contributed by atoms with E-state index in [1.54, 1.807) is 26.0 Å². The van der Waals surface area contributed by atoms with Crippen LogP contribution in [0.5, 0.6) is 0 Å². The molecule has 104 valence electrons. The number of para-hydroxylation sites is 1. The monoisotopic (exact) mass is 272 g/mol. The minimum atomic E-state index is -4.35. The van der Waals surface area contributed by atoms with Gasteiger partial charge < -0.3 is 10.2 Å². The normalized spacial score (nSPS) is 19.0. The molecule has 1 aliphatic rings. The van der Waals surface area contributed by atoms with Crippen LogP contribution in [0.4, 0.5) is 23.7 Å². The molecule has 0 aliphatic carbocycles. The molecule has 0 unspecified atom stereocenters. The summed E-state index contributed by atoms with van der Waals surface area (Å²) in [6.45, 7) is 3.75. The van der Waals surface area contributed by atoms with E-state index in [9.17, 15) is 18.0 Å². The van der Waals surface area contributed by atoms with Gasteiger partial charge >= 0.3 is 12.2 Å². The average Bonchev–Trinajstić information content (AvgIpc) is 2.19. The molecule has 0 bridgehead atoms. The van der Waals surface area contributed by atoms with E-state index in [1.807, 2.05) is 6.07 Å². The summed E-state index contributed by atoms with van der Waals surface area (Å²) in [7, 11) is 0. The van der Waals surface area contributed by atoms with Gasteiger partial charge in [0.1, 0.15) is 6.04 Å². The summed E-state index contributed by atoms with van der Waals surface area (Å²) in [6.07, 6.45) is -4.37. The highest BCUT2D eigenvalue weighted by atomic mass is 19.4. The molecule has 1 N–H and O–H groups in total. The second kappa shape index (κ2) is 4.75. The number of urea groups is 1. The summed E-state index contributed by atoms with van der Waals surface area (Å²) in [4.78, 5) is 12.7. The van der Waals surface area contributed by atoms with Gasteiger partial charge in [-0.2, -0.15) is 13.2 Å². The van der Waals surface area contributed by atoms with Gasteiger partial charge in [-0.1, -0.05) is 18.2 Å². The molecule has 2 amide bonds. The van der Waals surface area contributed by atoms with Crippen LogP contribution in [0.3, 0.4) is 0 Å². The molecule has 1 fully saturated rings. The molecule has 0 aromatic heterocycles. The number of carbonyl (C=O) groups excluding carboxylic acids is 1. The Morgan fingerprint density at radius 1 is 1.32 bits per heavy atom. The molecule has 6 heteroatoms. The van der Waals surface area contributed by atoms with Gasteiger partial charge in [-0.05, 0) is 31.4 Å². The minimum absolute atomic E-state index is 0.0241. The van der Waals surface area contributed by atoms with Crippen molar-refractivity contribution < 1.29 is 18.0 Å². The van der Waals surface area contributed by atoms with Crippen molar-refractivity contribution in [3.8, 4) is 0 Å². The Balaban J connectivity index is 2.10. The molecule has 1 aromatic carbocycles. The molecule has 0 spiro atoms. The topological polar surface area (TPSA) is 32.3 Å². The van der Waals surface area contributed by atoms with E-state index in [2.05, 4.69) is 5.32 Å². The third-order valence-corrected chi connectivity index (χ3v) is 3.37. The van der Waals surface area contributed by atoms with E-state index < -0.39 is 18.2 Å². The number of hydrogen-bond donors (Lipinski definition) is 1. The number of nitrogens with one attached hydrogen (secondary N) is 1. The lowest BCUT2D eigenvalue weighted by Crippen LogP contribution is -2.59. The fraction of sp³-hybridized carbons (Fsp3) is 0.462. The predicted octanol–water partition coefficient (Wildman–Crippen LogP) is 3.47. The quantitative estimate of drug-likeness (QED) is 0.834. The number of alkyl halides is 3. The number of likely N-dealkylation sites (tertiary alicyclic amines) is 1. The van der Waals surface area contributed by atoms with Crippen molar-refractivity contribution in [2.24, 2.45) is 0 Å². The predicted molar refractivity (Wildman–Crippen MR) is 66.1 cm³/mol. The van der Waals surface area contributed by atoms with E-state index in [0.717, 1.165) is 16.0 Å². The molecule has 1 heterocycles. The van der Waals surface area contributed by atoms with E-state index in [-0.39, 0.29) is 13.0 Å². The van der Waals surface area contributed by atoms with E-state index in [0.29, 0.717) is 5.69 Å². The summed E-state index contributed by atoms with van der Waals surface area (Å²) >= 11 is 0. The minimum Gasteiger partial charge on any atom is -0.312 e. The van der Waals surface area contributed by atoms with Crippen LogP contribution in [0.15, 0.2) is 18.2 Å². The fourth-order valence-corrected chi connectivity index (χ4v) is 2.16. The van der Waals surface area contributed by atoms with Crippen molar-refractivity contribution in [3.05, 3.63) is 29.3 Å². The third kappa shape index (κ3) is 2.67. The molecule has 1 aliphatic heterocycles. The van der Waals surface area contributed by atoms with Crippen molar-refractivity contribution in [3.63, 3.8) is 0 Å². The summed E-state index contributed by atoms with van der Waals surface area (Å²) in [5.41, 5.74) is 2.25. The molecule has 2 rings (SSSR count). The molecule has 1 aromatic rings. The Labute approximate surface area is 109 Å². The zero-order valence-electron chi connectivity index (χ0n) is 10.7. The third-order valence-electron chi connectivity index (χ3n) is 3.37. The maximum Gasteiger partial charge on any atom is 0.408 e. The summed E-state index contributed by atoms with van der Waals surface area (Å²) in [5.74, 6) is 0. The highest BCUT2D eigenvalue weighted by molar-refractivity contribution is 5.91. The maximum atomic E-state index is 12.6. The lowest BCUT2D eigenvalue weighted by Gasteiger charge is -2.41. The Bertz CT molecular complexity index is 479. The van der Waals surface area contributed by atoms with Gasteiger partial charge in [0.2, 0.25) is 0 Å². The van der Waals surface area contributed by atoms with E-state index in [4.69, 9.17) is 0 Å². The van der Waals surface area contributed by atoms with E-state index >= 15 is 0 Å². The van der Waals surface area contributed by atoms with Crippen molar-refractivity contribution in [2.75, 3.05) is 11.9 Å². The van der Waals surface area contributed by atoms with Crippen LogP contribution in [0.1, 0.15) is 17.5 Å². The van der Waals surface area contributed by atoms with Crippen molar-refractivity contribution >= 4 is 11.7 Å². The first-order valence-corrected chi connectivity index (χ1v) is 6.01. The first-order valence-electron chi connectivity index (χ1n) is 6.01. The number of aryl methyl sites for hydroxylation is 2. The molecule has 1 atom stereocenters. The lowest BCUT2D eigenvalue weighted by atomic mass is 10.0. The number of carbonyl (C=O) groups is 1. The van der Waals surface area contributed by atoms with Crippen molar-refractivity contribution in [1.82, 2.24) is 4.90 Å². The number of nitrogens with zero attached hydrogens (tertiary/aromatic N) is 1. The first-order chi connectivity index (χ1) is 8.80. The number of amides is 2. The number of halogens is 3. The number of anilines is 1. The van der Waals surface area contributed by atoms with Gasteiger partial charge in [0, 0.05) is 12.2 Å². The van der Waals surface area contributed by atoms with Crippen LogP contribution in [0, 0.1) is 13.8 Å². The fourth-order valence-electron chi connectivity index (χ4n) is 2.16. The maximum absolute atomic E-state index is 12.6. The zero-order valence-corrected chi connectivity index (χ0v) is 10.7. The van der Waals surface area contributed by atoms with Gasteiger partial charge in [-0.25, -0.2) is 4.79 Å². The summed E-state index contributed by atoms with van der Waals surface area (Å²) in [5, 5.41) is 2.57. The zero-order chi connectivity index (χ0) is 14.2. The van der Waals surface area contributed by atoms with Gasteiger partial charge in [0.05, 0.1) is 0 Å². The highest BCUT2D eigenvalue weighted by Crippen LogP contribution is 2.34. The van der Waals surface area contributed by atoms with Gasteiger partial charge in [-0.3, -0.25) is 0 Å².